The molecule has 1 rings (SSSR count). The zero-order valence-electron chi connectivity index (χ0n) is 10.1. The van der Waals surface area contributed by atoms with Gasteiger partial charge in [0.05, 0.1) is 0 Å². The number of carbonyl (C=O) groups is 1. The molecule has 1 amide bonds. The van der Waals surface area contributed by atoms with Gasteiger partial charge in [0, 0.05) is 25.2 Å². The van der Waals surface area contributed by atoms with Crippen LogP contribution in [0.25, 0.3) is 0 Å². The molecule has 3 heteroatoms. The molecule has 0 spiro atoms. The number of phenolic OH excluding ortho intramolecular Hbond substituents is 1. The van der Waals surface area contributed by atoms with Crippen LogP contribution in [-0.4, -0.2) is 18.1 Å². The maximum atomic E-state index is 11.8. The molecule has 0 aliphatic heterocycles. The Morgan fingerprint density at radius 3 is 2.69 bits per heavy atom. The van der Waals surface area contributed by atoms with Gasteiger partial charge in [-0.2, -0.15) is 0 Å². The lowest BCUT2D eigenvalue weighted by Gasteiger charge is -2.18. The van der Waals surface area contributed by atoms with Crippen LogP contribution in [0.3, 0.4) is 0 Å². The summed E-state index contributed by atoms with van der Waals surface area (Å²) in [6, 6.07) is 6.73. The van der Waals surface area contributed by atoms with Crippen LogP contribution in [0, 0.1) is 5.92 Å². The number of carbonyl (C=O) groups excluding carboxylic acids is 1. The van der Waals surface area contributed by atoms with Gasteiger partial charge in [0.25, 0.3) is 0 Å². The molecule has 0 radical (unpaired) electrons. The third-order valence-corrected chi connectivity index (χ3v) is 2.53. The molecule has 0 bridgehead atoms. The molecule has 0 fully saturated rings. The molecule has 0 aliphatic rings. The fourth-order valence-electron chi connectivity index (χ4n) is 1.43. The van der Waals surface area contributed by atoms with Gasteiger partial charge in [-0.05, 0) is 24.5 Å². The predicted molar refractivity (Wildman–Crippen MR) is 65.6 cm³/mol. The number of phenols is 1. The standard InChI is InChI=1S/C13H19NO2/c1-10(2)7-8-13(16)14(3)11-5-4-6-12(15)9-11/h4-6,9-10,15H,7-8H2,1-3H3. The third-order valence-electron chi connectivity index (χ3n) is 2.53. The highest BCUT2D eigenvalue weighted by Gasteiger charge is 2.11. The molecule has 0 aromatic heterocycles. The second-order valence-corrected chi connectivity index (χ2v) is 4.41. The molecule has 0 saturated carbocycles. The highest BCUT2D eigenvalue weighted by molar-refractivity contribution is 5.92. The molecule has 0 unspecified atom stereocenters. The second kappa shape index (κ2) is 5.54. The number of amides is 1. The van der Waals surface area contributed by atoms with Crippen LogP contribution in [-0.2, 0) is 4.79 Å². The summed E-state index contributed by atoms with van der Waals surface area (Å²) >= 11 is 0. The van der Waals surface area contributed by atoms with E-state index in [-0.39, 0.29) is 11.7 Å². The SMILES string of the molecule is CC(C)CCC(=O)N(C)c1cccc(O)c1. The molecule has 1 N–H and O–H groups in total. The summed E-state index contributed by atoms with van der Waals surface area (Å²) in [6.45, 7) is 4.20. The van der Waals surface area contributed by atoms with Crippen LogP contribution >= 0.6 is 0 Å². The minimum atomic E-state index is 0.0827. The summed E-state index contributed by atoms with van der Waals surface area (Å²) in [5.74, 6) is 0.793. The molecule has 1 aromatic carbocycles. The van der Waals surface area contributed by atoms with Crippen molar-refractivity contribution in [2.24, 2.45) is 5.92 Å². The van der Waals surface area contributed by atoms with Crippen molar-refractivity contribution in [3.05, 3.63) is 24.3 Å². The molecule has 3 nitrogen and oxygen atoms in total. The Balaban J connectivity index is 2.63. The van der Waals surface area contributed by atoms with Crippen molar-refractivity contribution in [3.63, 3.8) is 0 Å². The molecule has 0 atom stereocenters. The second-order valence-electron chi connectivity index (χ2n) is 4.41. The van der Waals surface area contributed by atoms with Crippen molar-refractivity contribution in [1.29, 1.82) is 0 Å². The van der Waals surface area contributed by atoms with Crippen molar-refractivity contribution in [3.8, 4) is 5.75 Å². The van der Waals surface area contributed by atoms with E-state index in [1.807, 2.05) is 6.07 Å². The fraction of sp³-hybridized carbons (Fsp3) is 0.462. The zero-order valence-corrected chi connectivity index (χ0v) is 10.1. The molecule has 16 heavy (non-hydrogen) atoms. The summed E-state index contributed by atoms with van der Waals surface area (Å²) < 4.78 is 0. The Kier molecular flexibility index (Phi) is 4.35. The third kappa shape index (κ3) is 3.57. The van der Waals surface area contributed by atoms with Crippen LogP contribution in [0.4, 0.5) is 5.69 Å². The lowest BCUT2D eigenvalue weighted by atomic mass is 10.1. The monoisotopic (exact) mass is 221 g/mol. The van der Waals surface area contributed by atoms with Gasteiger partial charge in [0.15, 0.2) is 0 Å². The van der Waals surface area contributed by atoms with E-state index in [2.05, 4.69) is 13.8 Å². The first kappa shape index (κ1) is 12.6. The molecule has 1 aromatic rings. The first-order valence-electron chi connectivity index (χ1n) is 5.56. The van der Waals surface area contributed by atoms with Crippen molar-refractivity contribution >= 4 is 11.6 Å². The Hall–Kier alpha value is -1.51. The van der Waals surface area contributed by atoms with Gasteiger partial charge < -0.3 is 10.0 Å². The minimum Gasteiger partial charge on any atom is -0.508 e. The number of anilines is 1. The van der Waals surface area contributed by atoms with Crippen molar-refractivity contribution in [1.82, 2.24) is 0 Å². The molecule has 0 saturated heterocycles. The van der Waals surface area contributed by atoms with E-state index in [4.69, 9.17) is 0 Å². The van der Waals surface area contributed by atoms with Crippen molar-refractivity contribution in [2.75, 3.05) is 11.9 Å². The first-order chi connectivity index (χ1) is 7.50. The van der Waals surface area contributed by atoms with Crippen LogP contribution in [0.5, 0.6) is 5.75 Å². The van der Waals surface area contributed by atoms with Gasteiger partial charge in [-0.1, -0.05) is 19.9 Å². The maximum Gasteiger partial charge on any atom is 0.226 e. The largest absolute Gasteiger partial charge is 0.508 e. The van der Waals surface area contributed by atoms with Crippen molar-refractivity contribution < 1.29 is 9.90 Å². The molecule has 88 valence electrons. The molecular formula is C13H19NO2. The Morgan fingerprint density at radius 1 is 1.44 bits per heavy atom. The number of benzene rings is 1. The average molecular weight is 221 g/mol. The van der Waals surface area contributed by atoms with E-state index in [1.165, 1.54) is 0 Å². The summed E-state index contributed by atoms with van der Waals surface area (Å²) in [5, 5.41) is 9.32. The van der Waals surface area contributed by atoms with Crippen LogP contribution in [0.2, 0.25) is 0 Å². The smallest absolute Gasteiger partial charge is 0.226 e. The van der Waals surface area contributed by atoms with Crippen LogP contribution in [0.1, 0.15) is 26.7 Å². The molecule has 0 aliphatic carbocycles. The quantitative estimate of drug-likeness (QED) is 0.849. The lowest BCUT2D eigenvalue weighted by Crippen LogP contribution is -2.26. The molecular weight excluding hydrogens is 202 g/mol. The van der Waals surface area contributed by atoms with Crippen LogP contribution in [0.15, 0.2) is 24.3 Å². The van der Waals surface area contributed by atoms with E-state index in [9.17, 15) is 9.90 Å². The maximum absolute atomic E-state index is 11.8. The highest BCUT2D eigenvalue weighted by Crippen LogP contribution is 2.20. The summed E-state index contributed by atoms with van der Waals surface area (Å²) in [5.41, 5.74) is 0.730. The zero-order chi connectivity index (χ0) is 12.1. The van der Waals surface area contributed by atoms with E-state index in [0.29, 0.717) is 12.3 Å². The van der Waals surface area contributed by atoms with E-state index in [0.717, 1.165) is 12.1 Å². The lowest BCUT2D eigenvalue weighted by molar-refractivity contribution is -0.118. The van der Waals surface area contributed by atoms with Gasteiger partial charge in [-0.25, -0.2) is 0 Å². The summed E-state index contributed by atoms with van der Waals surface area (Å²) in [4.78, 5) is 13.4. The number of aromatic hydroxyl groups is 1. The number of hydrogen-bond acceptors (Lipinski definition) is 2. The van der Waals surface area contributed by atoms with Gasteiger partial charge in [-0.15, -0.1) is 0 Å². The normalized spacial score (nSPS) is 10.5. The Labute approximate surface area is 96.7 Å². The topological polar surface area (TPSA) is 40.5 Å². The Morgan fingerprint density at radius 2 is 2.12 bits per heavy atom. The van der Waals surface area contributed by atoms with Crippen LogP contribution < -0.4 is 4.90 Å². The average Bonchev–Trinajstić information content (AvgIpc) is 2.24. The van der Waals surface area contributed by atoms with Crippen molar-refractivity contribution in [2.45, 2.75) is 26.7 Å². The number of hydrogen-bond donors (Lipinski definition) is 1. The predicted octanol–water partition coefficient (Wildman–Crippen LogP) is 2.79. The minimum absolute atomic E-state index is 0.0827. The highest BCUT2D eigenvalue weighted by atomic mass is 16.3. The van der Waals surface area contributed by atoms with E-state index >= 15 is 0 Å². The van der Waals surface area contributed by atoms with Gasteiger partial charge in [0.1, 0.15) is 5.75 Å². The Bertz CT molecular complexity index is 361. The van der Waals surface area contributed by atoms with Gasteiger partial charge >= 0.3 is 0 Å². The fourth-order valence-corrected chi connectivity index (χ4v) is 1.43. The first-order valence-corrected chi connectivity index (χ1v) is 5.56. The van der Waals surface area contributed by atoms with Gasteiger partial charge in [-0.3, -0.25) is 4.79 Å². The van der Waals surface area contributed by atoms with Gasteiger partial charge in [0.2, 0.25) is 5.91 Å². The summed E-state index contributed by atoms with van der Waals surface area (Å²) in [6.07, 6.45) is 1.44. The number of rotatable bonds is 4. The number of nitrogens with zero attached hydrogens (tertiary/aromatic N) is 1. The summed E-state index contributed by atoms with van der Waals surface area (Å²) in [7, 11) is 1.73. The van der Waals surface area contributed by atoms with E-state index in [1.54, 1.807) is 30.1 Å². The molecule has 0 heterocycles. The van der Waals surface area contributed by atoms with E-state index < -0.39 is 0 Å².